The van der Waals surface area contributed by atoms with Gasteiger partial charge in [0.1, 0.15) is 6.04 Å². The van der Waals surface area contributed by atoms with Crippen molar-refractivity contribution in [2.75, 3.05) is 6.54 Å². The molecule has 0 aromatic rings. The van der Waals surface area contributed by atoms with Crippen LogP contribution in [0, 0.1) is 0 Å². The van der Waals surface area contributed by atoms with E-state index < -0.39 is 12.0 Å². The summed E-state index contributed by atoms with van der Waals surface area (Å²) in [5.41, 5.74) is 10.4. The lowest BCUT2D eigenvalue weighted by Crippen LogP contribution is -2.29. The van der Waals surface area contributed by atoms with Gasteiger partial charge in [0.15, 0.2) is 0 Å². The standard InChI is InChI=1S/C6H14N2O2.ClH/c7-4-2-1-3-5(8)6(9)10;/h5H,1-4,7-8H2,(H,9,10);1H/t5-;/m0./s1/i8+1;. The lowest BCUT2D eigenvalue weighted by Gasteiger charge is -2.03. The number of halogens is 1. The predicted molar refractivity (Wildman–Crippen MR) is 45.8 cm³/mol. The topological polar surface area (TPSA) is 89.3 Å². The molecule has 0 spiro atoms. The SMILES string of the molecule is Cl.NCCCC[C@H]([15NH2])C(=O)O. The van der Waals surface area contributed by atoms with Crippen LogP contribution in [0.5, 0.6) is 0 Å². The van der Waals surface area contributed by atoms with Gasteiger partial charge < -0.3 is 16.6 Å². The van der Waals surface area contributed by atoms with Crippen molar-refractivity contribution in [3.63, 3.8) is 0 Å². The molecule has 4 nitrogen and oxygen atoms in total. The molecule has 11 heavy (non-hydrogen) atoms. The molecule has 0 aliphatic rings. The van der Waals surface area contributed by atoms with Crippen LogP contribution in [0.4, 0.5) is 0 Å². The van der Waals surface area contributed by atoms with Crippen molar-refractivity contribution >= 4 is 18.4 Å². The summed E-state index contributed by atoms with van der Waals surface area (Å²) in [6.45, 7) is 0.604. The molecule has 0 heterocycles. The van der Waals surface area contributed by atoms with Crippen molar-refractivity contribution in [3.8, 4) is 0 Å². The second-order valence-corrected chi connectivity index (χ2v) is 2.23. The van der Waals surface area contributed by atoms with Gasteiger partial charge in [-0.25, -0.2) is 0 Å². The summed E-state index contributed by atoms with van der Waals surface area (Å²) in [6.07, 6.45) is 2.16. The minimum absolute atomic E-state index is 0. The quantitative estimate of drug-likeness (QED) is 0.412. The molecule has 0 rings (SSSR count). The van der Waals surface area contributed by atoms with E-state index in [1.54, 1.807) is 0 Å². The molecule has 0 radical (unpaired) electrons. The maximum absolute atomic E-state index is 10.1. The summed E-state index contributed by atoms with van der Waals surface area (Å²) in [4.78, 5) is 10.1. The molecule has 0 aliphatic heterocycles. The number of rotatable bonds is 5. The fraction of sp³-hybridized carbons (Fsp3) is 0.833. The fourth-order valence-corrected chi connectivity index (χ4v) is 0.632. The Kier molecular flexibility index (Phi) is 9.40. The number of carboxylic acid groups (broad SMARTS) is 1. The normalized spacial score (nSPS) is 11.8. The van der Waals surface area contributed by atoms with Crippen LogP contribution in [-0.4, -0.2) is 23.7 Å². The lowest BCUT2D eigenvalue weighted by atomic mass is 10.1. The van der Waals surface area contributed by atoms with E-state index in [0.717, 1.165) is 12.8 Å². The predicted octanol–water partition coefficient (Wildman–Crippen LogP) is -0.0509. The van der Waals surface area contributed by atoms with Crippen molar-refractivity contribution in [3.05, 3.63) is 0 Å². The summed E-state index contributed by atoms with van der Waals surface area (Å²) in [5.74, 6) is -0.933. The molecule has 5 N–H and O–H groups in total. The van der Waals surface area contributed by atoms with Gasteiger partial charge in [0, 0.05) is 0 Å². The third-order valence-electron chi connectivity index (χ3n) is 1.29. The average molecular weight is 184 g/mol. The van der Waals surface area contributed by atoms with Gasteiger partial charge in [-0.1, -0.05) is 6.42 Å². The van der Waals surface area contributed by atoms with Gasteiger partial charge in [-0.05, 0) is 19.4 Å². The van der Waals surface area contributed by atoms with Gasteiger partial charge in [-0.3, -0.25) is 4.79 Å². The van der Waals surface area contributed by atoms with Gasteiger partial charge in [0.05, 0.1) is 0 Å². The Morgan fingerprint density at radius 1 is 1.45 bits per heavy atom. The van der Waals surface area contributed by atoms with E-state index in [1.807, 2.05) is 0 Å². The minimum Gasteiger partial charge on any atom is -0.480 e. The first-order valence-electron chi connectivity index (χ1n) is 3.37. The summed E-state index contributed by atoms with van der Waals surface area (Å²) >= 11 is 0. The van der Waals surface area contributed by atoms with Gasteiger partial charge in [0.25, 0.3) is 0 Å². The molecular formula is C6H15ClN2O2. The highest BCUT2D eigenvalue weighted by atomic mass is 35.5. The summed E-state index contributed by atoms with van der Waals surface area (Å²) in [5, 5.41) is 8.33. The maximum Gasteiger partial charge on any atom is 0.320 e. The first kappa shape index (κ1) is 13.3. The zero-order valence-electron chi connectivity index (χ0n) is 6.32. The molecule has 0 fully saturated rings. The Hall–Kier alpha value is -0.320. The zero-order valence-corrected chi connectivity index (χ0v) is 7.14. The highest BCUT2D eigenvalue weighted by Crippen LogP contribution is 1.96. The highest BCUT2D eigenvalue weighted by molar-refractivity contribution is 5.85. The summed E-state index contributed by atoms with van der Waals surface area (Å²) in [7, 11) is 0. The van der Waals surface area contributed by atoms with Crippen LogP contribution in [0.1, 0.15) is 19.3 Å². The van der Waals surface area contributed by atoms with E-state index in [1.165, 1.54) is 0 Å². The van der Waals surface area contributed by atoms with Crippen LogP contribution in [0.2, 0.25) is 0 Å². The van der Waals surface area contributed by atoms with Gasteiger partial charge in [0.2, 0.25) is 0 Å². The van der Waals surface area contributed by atoms with Gasteiger partial charge in [-0.2, -0.15) is 0 Å². The molecule has 0 aromatic carbocycles. The number of aliphatic carboxylic acids is 1. The number of unbranched alkanes of at least 4 members (excludes halogenated alkanes) is 1. The second kappa shape index (κ2) is 7.78. The number of hydrogen-bond acceptors (Lipinski definition) is 3. The van der Waals surface area contributed by atoms with Crippen LogP contribution in [-0.2, 0) is 4.79 Å². The number of carboxylic acids is 1. The second-order valence-electron chi connectivity index (χ2n) is 2.23. The van der Waals surface area contributed by atoms with Crippen LogP contribution in [0.25, 0.3) is 0 Å². The van der Waals surface area contributed by atoms with E-state index >= 15 is 0 Å². The average Bonchev–Trinajstić information content (AvgIpc) is 1.88. The molecule has 1 atom stereocenters. The van der Waals surface area contributed by atoms with E-state index in [4.69, 9.17) is 16.6 Å². The van der Waals surface area contributed by atoms with E-state index in [2.05, 4.69) is 0 Å². The highest BCUT2D eigenvalue weighted by Gasteiger charge is 2.09. The summed E-state index contributed by atoms with van der Waals surface area (Å²) in [6, 6.07) is -0.716. The van der Waals surface area contributed by atoms with Crippen molar-refractivity contribution in [2.45, 2.75) is 25.3 Å². The smallest absolute Gasteiger partial charge is 0.320 e. The molecule has 0 saturated heterocycles. The molecule has 0 amide bonds. The van der Waals surface area contributed by atoms with Crippen molar-refractivity contribution in [2.24, 2.45) is 11.5 Å². The fourth-order valence-electron chi connectivity index (χ4n) is 0.632. The lowest BCUT2D eigenvalue weighted by molar-refractivity contribution is -0.138. The molecular weight excluding hydrogens is 169 g/mol. The van der Waals surface area contributed by atoms with Crippen molar-refractivity contribution in [1.82, 2.24) is 0 Å². The first-order valence-corrected chi connectivity index (χ1v) is 3.37. The Morgan fingerprint density at radius 3 is 2.36 bits per heavy atom. The maximum atomic E-state index is 10.1. The largest absolute Gasteiger partial charge is 0.480 e. The van der Waals surface area contributed by atoms with Crippen LogP contribution in [0.15, 0.2) is 0 Å². The zero-order chi connectivity index (χ0) is 7.98. The Bertz CT molecular complexity index is 111. The van der Waals surface area contributed by atoms with Crippen LogP contribution in [0.3, 0.4) is 0 Å². The monoisotopic (exact) mass is 183 g/mol. The van der Waals surface area contributed by atoms with Crippen molar-refractivity contribution < 1.29 is 9.90 Å². The molecule has 0 bridgehead atoms. The molecule has 68 valence electrons. The number of hydrogen-bond donors (Lipinski definition) is 3. The molecule has 0 aromatic heterocycles. The van der Waals surface area contributed by atoms with Gasteiger partial charge in [-0.15, -0.1) is 12.4 Å². The molecule has 5 heteroatoms. The van der Waals surface area contributed by atoms with E-state index in [0.29, 0.717) is 13.0 Å². The van der Waals surface area contributed by atoms with E-state index in [-0.39, 0.29) is 12.4 Å². The third kappa shape index (κ3) is 7.58. The Labute approximate surface area is 72.4 Å². The van der Waals surface area contributed by atoms with E-state index in [9.17, 15) is 4.79 Å². The van der Waals surface area contributed by atoms with Crippen molar-refractivity contribution in [1.29, 1.82) is 0 Å². The Balaban J connectivity index is 0. The third-order valence-corrected chi connectivity index (χ3v) is 1.29. The van der Waals surface area contributed by atoms with Crippen LogP contribution >= 0.6 is 12.4 Å². The summed E-state index contributed by atoms with van der Waals surface area (Å²) < 4.78 is 0. The molecule has 0 aliphatic carbocycles. The number of nitrogens with two attached hydrogens (primary N) is 2. The minimum atomic E-state index is -0.933. The molecule has 0 unspecified atom stereocenters. The molecule has 0 saturated carbocycles. The Morgan fingerprint density at radius 2 is 2.00 bits per heavy atom. The first-order chi connectivity index (χ1) is 4.68. The van der Waals surface area contributed by atoms with Gasteiger partial charge >= 0.3 is 5.97 Å². The number of carbonyl (C=O) groups is 1. The van der Waals surface area contributed by atoms with Crippen LogP contribution < -0.4 is 11.5 Å².